The lowest BCUT2D eigenvalue weighted by atomic mass is 9.89. The third-order valence-corrected chi connectivity index (χ3v) is 3.51. The van der Waals surface area contributed by atoms with Gasteiger partial charge in [-0.25, -0.2) is 0 Å². The Morgan fingerprint density at radius 2 is 2.06 bits per heavy atom. The molecule has 17 heavy (non-hydrogen) atoms. The minimum Gasteiger partial charge on any atom is -0.373 e. The summed E-state index contributed by atoms with van der Waals surface area (Å²) in [5.41, 5.74) is 2.64. The maximum atomic E-state index is 5.97. The van der Waals surface area contributed by atoms with Gasteiger partial charge in [0.1, 0.15) is 0 Å². The molecule has 0 bridgehead atoms. The first-order valence-electron chi connectivity index (χ1n) is 6.70. The van der Waals surface area contributed by atoms with Crippen molar-refractivity contribution >= 4 is 0 Å². The first kappa shape index (κ1) is 12.6. The van der Waals surface area contributed by atoms with Crippen LogP contribution in [0, 0.1) is 12.8 Å². The highest BCUT2D eigenvalue weighted by molar-refractivity contribution is 5.24. The van der Waals surface area contributed by atoms with Crippen LogP contribution in [0.5, 0.6) is 0 Å². The molecule has 2 rings (SSSR count). The summed E-state index contributed by atoms with van der Waals surface area (Å²) >= 11 is 0. The molecule has 1 aliphatic rings. The Hall–Kier alpha value is -0.860. The second-order valence-electron chi connectivity index (χ2n) is 4.91. The number of nitrogens with one attached hydrogen (secondary N) is 1. The van der Waals surface area contributed by atoms with E-state index in [2.05, 4.69) is 43.4 Å². The summed E-state index contributed by atoms with van der Waals surface area (Å²) in [7, 11) is 0. The van der Waals surface area contributed by atoms with Gasteiger partial charge in [-0.2, -0.15) is 0 Å². The van der Waals surface area contributed by atoms with Crippen LogP contribution in [0.4, 0.5) is 0 Å². The van der Waals surface area contributed by atoms with Gasteiger partial charge in [0.25, 0.3) is 0 Å². The lowest BCUT2D eigenvalue weighted by Crippen LogP contribution is -2.31. The van der Waals surface area contributed by atoms with E-state index in [1.807, 2.05) is 0 Å². The Balaban J connectivity index is 2.07. The predicted molar refractivity (Wildman–Crippen MR) is 71.1 cm³/mol. The molecule has 2 heteroatoms. The number of hydrogen-bond acceptors (Lipinski definition) is 2. The van der Waals surface area contributed by atoms with Crippen molar-refractivity contribution in [3.63, 3.8) is 0 Å². The smallest absolute Gasteiger partial charge is 0.0865 e. The monoisotopic (exact) mass is 233 g/mol. The summed E-state index contributed by atoms with van der Waals surface area (Å²) in [5.74, 6) is 0.617. The average molecular weight is 233 g/mol. The molecule has 2 nitrogen and oxygen atoms in total. The molecule has 1 heterocycles. The van der Waals surface area contributed by atoms with E-state index in [1.165, 1.54) is 24.0 Å². The van der Waals surface area contributed by atoms with Crippen LogP contribution in [0.2, 0.25) is 0 Å². The molecule has 0 amide bonds. The Morgan fingerprint density at radius 1 is 1.29 bits per heavy atom. The summed E-state index contributed by atoms with van der Waals surface area (Å²) in [5, 5.41) is 3.45. The number of benzene rings is 1. The van der Waals surface area contributed by atoms with Crippen molar-refractivity contribution < 1.29 is 4.74 Å². The van der Waals surface area contributed by atoms with E-state index in [1.54, 1.807) is 0 Å². The number of hydrogen-bond donors (Lipinski definition) is 1. The SMILES string of the molecule is CCNCC1CCCOC1c1ccc(C)cc1. The lowest BCUT2D eigenvalue weighted by molar-refractivity contribution is -0.0276. The summed E-state index contributed by atoms with van der Waals surface area (Å²) in [6, 6.07) is 8.78. The maximum Gasteiger partial charge on any atom is 0.0865 e. The molecule has 0 saturated carbocycles. The van der Waals surface area contributed by atoms with E-state index >= 15 is 0 Å². The molecular formula is C15H23NO. The molecule has 0 aromatic heterocycles. The molecule has 1 aromatic carbocycles. The van der Waals surface area contributed by atoms with Gasteiger partial charge in [0.15, 0.2) is 0 Å². The number of aryl methyl sites for hydroxylation is 1. The minimum atomic E-state index is 0.281. The summed E-state index contributed by atoms with van der Waals surface area (Å²) < 4.78 is 5.97. The number of ether oxygens (including phenoxy) is 1. The Labute approximate surface area is 104 Å². The van der Waals surface area contributed by atoms with Crippen LogP contribution in [0.25, 0.3) is 0 Å². The van der Waals surface area contributed by atoms with Crippen LogP contribution in [-0.2, 0) is 4.74 Å². The van der Waals surface area contributed by atoms with Crippen LogP contribution in [0.3, 0.4) is 0 Å². The molecular weight excluding hydrogens is 210 g/mol. The lowest BCUT2D eigenvalue weighted by Gasteiger charge is -2.32. The zero-order valence-electron chi connectivity index (χ0n) is 10.9. The third kappa shape index (κ3) is 3.30. The zero-order chi connectivity index (χ0) is 12.1. The Morgan fingerprint density at radius 3 is 2.76 bits per heavy atom. The van der Waals surface area contributed by atoms with Crippen LogP contribution in [-0.4, -0.2) is 19.7 Å². The highest BCUT2D eigenvalue weighted by Crippen LogP contribution is 2.33. The Bertz CT molecular complexity index is 333. The topological polar surface area (TPSA) is 21.3 Å². The van der Waals surface area contributed by atoms with Crippen molar-refractivity contribution in [1.82, 2.24) is 5.32 Å². The maximum absolute atomic E-state index is 5.97. The molecule has 2 unspecified atom stereocenters. The van der Waals surface area contributed by atoms with E-state index in [0.717, 1.165) is 19.7 Å². The van der Waals surface area contributed by atoms with Crippen LogP contribution in [0.1, 0.15) is 37.0 Å². The van der Waals surface area contributed by atoms with Crippen molar-refractivity contribution in [2.45, 2.75) is 32.8 Å². The van der Waals surface area contributed by atoms with Gasteiger partial charge in [0.2, 0.25) is 0 Å². The first-order valence-corrected chi connectivity index (χ1v) is 6.70. The number of rotatable bonds is 4. The molecule has 1 fully saturated rings. The molecule has 94 valence electrons. The highest BCUT2D eigenvalue weighted by Gasteiger charge is 2.26. The first-order chi connectivity index (χ1) is 8.31. The molecule has 1 N–H and O–H groups in total. The fourth-order valence-electron chi connectivity index (χ4n) is 2.51. The van der Waals surface area contributed by atoms with E-state index in [0.29, 0.717) is 5.92 Å². The molecule has 0 aliphatic carbocycles. The fraction of sp³-hybridized carbons (Fsp3) is 0.600. The summed E-state index contributed by atoms with van der Waals surface area (Å²) in [4.78, 5) is 0. The fourth-order valence-corrected chi connectivity index (χ4v) is 2.51. The van der Waals surface area contributed by atoms with Crippen molar-refractivity contribution in [2.24, 2.45) is 5.92 Å². The van der Waals surface area contributed by atoms with Gasteiger partial charge in [-0.05, 0) is 31.9 Å². The molecule has 1 saturated heterocycles. The normalized spacial score (nSPS) is 24.8. The molecule has 1 aromatic rings. The van der Waals surface area contributed by atoms with Crippen molar-refractivity contribution in [3.05, 3.63) is 35.4 Å². The van der Waals surface area contributed by atoms with E-state index in [9.17, 15) is 0 Å². The average Bonchev–Trinajstić information content (AvgIpc) is 2.38. The van der Waals surface area contributed by atoms with Gasteiger partial charge in [-0.3, -0.25) is 0 Å². The van der Waals surface area contributed by atoms with E-state index < -0.39 is 0 Å². The van der Waals surface area contributed by atoms with Gasteiger partial charge in [0.05, 0.1) is 6.10 Å². The molecule has 1 aliphatic heterocycles. The van der Waals surface area contributed by atoms with Gasteiger partial charge in [-0.15, -0.1) is 0 Å². The van der Waals surface area contributed by atoms with Gasteiger partial charge >= 0.3 is 0 Å². The summed E-state index contributed by atoms with van der Waals surface area (Å²) in [6.45, 7) is 7.29. The van der Waals surface area contributed by atoms with Gasteiger partial charge < -0.3 is 10.1 Å². The molecule has 0 spiro atoms. The standard InChI is InChI=1S/C15H23NO/c1-3-16-11-14-5-4-10-17-15(14)13-8-6-12(2)7-9-13/h6-9,14-16H,3-5,10-11H2,1-2H3. The van der Waals surface area contributed by atoms with Gasteiger partial charge in [0, 0.05) is 19.1 Å². The highest BCUT2D eigenvalue weighted by atomic mass is 16.5. The Kier molecular flexibility index (Phi) is 4.57. The molecule has 0 radical (unpaired) electrons. The molecule has 2 atom stereocenters. The predicted octanol–water partition coefficient (Wildman–Crippen LogP) is 3.07. The van der Waals surface area contributed by atoms with E-state index in [4.69, 9.17) is 4.74 Å². The van der Waals surface area contributed by atoms with Crippen LogP contribution >= 0.6 is 0 Å². The van der Waals surface area contributed by atoms with Crippen LogP contribution < -0.4 is 5.32 Å². The second kappa shape index (κ2) is 6.18. The summed E-state index contributed by atoms with van der Waals surface area (Å²) in [6.07, 6.45) is 2.74. The van der Waals surface area contributed by atoms with Crippen molar-refractivity contribution in [2.75, 3.05) is 19.7 Å². The third-order valence-electron chi connectivity index (χ3n) is 3.51. The van der Waals surface area contributed by atoms with Crippen LogP contribution in [0.15, 0.2) is 24.3 Å². The van der Waals surface area contributed by atoms with Gasteiger partial charge in [-0.1, -0.05) is 36.8 Å². The van der Waals surface area contributed by atoms with Crippen molar-refractivity contribution in [3.8, 4) is 0 Å². The minimum absolute atomic E-state index is 0.281. The largest absolute Gasteiger partial charge is 0.373 e. The van der Waals surface area contributed by atoms with Crippen molar-refractivity contribution in [1.29, 1.82) is 0 Å². The second-order valence-corrected chi connectivity index (χ2v) is 4.91. The zero-order valence-corrected chi connectivity index (χ0v) is 10.9. The van der Waals surface area contributed by atoms with E-state index in [-0.39, 0.29) is 6.10 Å². The quantitative estimate of drug-likeness (QED) is 0.863.